The van der Waals surface area contributed by atoms with E-state index < -0.39 is 5.82 Å². The minimum absolute atomic E-state index is 0.179. The highest BCUT2D eigenvalue weighted by Gasteiger charge is 2.03. The van der Waals surface area contributed by atoms with Gasteiger partial charge < -0.3 is 10.8 Å². The maximum absolute atomic E-state index is 12.5. The molecular formula is C8H10FNO. The zero-order valence-electron chi connectivity index (χ0n) is 6.21. The number of halogens is 1. The molecule has 0 heterocycles. The zero-order valence-corrected chi connectivity index (χ0v) is 6.21. The summed E-state index contributed by atoms with van der Waals surface area (Å²) in [6.45, 7) is 1.77. The summed E-state index contributed by atoms with van der Waals surface area (Å²) in [6, 6.07) is 3.91. The normalized spacial score (nSPS) is 13.0. The molecule has 0 saturated heterocycles. The van der Waals surface area contributed by atoms with Crippen molar-refractivity contribution in [2.75, 3.05) is 0 Å². The lowest BCUT2D eigenvalue weighted by atomic mass is 10.1. The molecule has 1 aromatic rings. The SMILES string of the molecule is CC(N)c1ccc(F)c(O)c1. The van der Waals surface area contributed by atoms with Gasteiger partial charge in [0.2, 0.25) is 0 Å². The summed E-state index contributed by atoms with van der Waals surface area (Å²) < 4.78 is 12.5. The first-order valence-electron chi connectivity index (χ1n) is 3.35. The summed E-state index contributed by atoms with van der Waals surface area (Å²) in [6.07, 6.45) is 0. The molecule has 60 valence electrons. The van der Waals surface area contributed by atoms with E-state index >= 15 is 0 Å². The van der Waals surface area contributed by atoms with Crippen LogP contribution in [0.1, 0.15) is 18.5 Å². The number of hydrogen-bond donors (Lipinski definition) is 2. The third kappa shape index (κ3) is 1.68. The van der Waals surface area contributed by atoms with Gasteiger partial charge in [-0.3, -0.25) is 0 Å². The molecule has 0 fully saturated rings. The van der Waals surface area contributed by atoms with Crippen LogP contribution in [0.4, 0.5) is 4.39 Å². The van der Waals surface area contributed by atoms with Crippen LogP contribution in [0.15, 0.2) is 18.2 Å². The topological polar surface area (TPSA) is 46.2 Å². The standard InChI is InChI=1S/C8H10FNO/c1-5(10)6-2-3-7(9)8(11)4-6/h2-5,11H,10H2,1H3. The van der Waals surface area contributed by atoms with E-state index in [1.807, 2.05) is 0 Å². The molecule has 1 aromatic carbocycles. The molecule has 0 saturated carbocycles. The molecule has 0 aromatic heterocycles. The van der Waals surface area contributed by atoms with Crippen molar-refractivity contribution < 1.29 is 9.50 Å². The number of benzene rings is 1. The Kier molecular flexibility index (Phi) is 2.10. The summed E-state index contributed by atoms with van der Waals surface area (Å²) in [4.78, 5) is 0. The van der Waals surface area contributed by atoms with E-state index in [9.17, 15) is 4.39 Å². The molecule has 0 aliphatic heterocycles. The van der Waals surface area contributed by atoms with E-state index in [1.54, 1.807) is 13.0 Å². The van der Waals surface area contributed by atoms with E-state index in [0.29, 0.717) is 0 Å². The average molecular weight is 155 g/mol. The van der Waals surface area contributed by atoms with Gasteiger partial charge in [0.1, 0.15) is 0 Å². The molecular weight excluding hydrogens is 145 g/mol. The second kappa shape index (κ2) is 2.88. The van der Waals surface area contributed by atoms with E-state index in [0.717, 1.165) is 5.56 Å². The highest BCUT2D eigenvalue weighted by molar-refractivity contribution is 5.30. The lowest BCUT2D eigenvalue weighted by Gasteiger charge is -2.05. The van der Waals surface area contributed by atoms with Gasteiger partial charge in [-0.15, -0.1) is 0 Å². The molecule has 0 aliphatic carbocycles. The predicted octanol–water partition coefficient (Wildman–Crippen LogP) is 1.55. The average Bonchev–Trinajstić information content (AvgIpc) is 1.94. The Morgan fingerprint density at radius 3 is 2.64 bits per heavy atom. The van der Waals surface area contributed by atoms with Crippen molar-refractivity contribution in [3.63, 3.8) is 0 Å². The molecule has 1 unspecified atom stereocenters. The predicted molar refractivity (Wildman–Crippen MR) is 40.7 cm³/mol. The van der Waals surface area contributed by atoms with Gasteiger partial charge in [-0.05, 0) is 24.6 Å². The van der Waals surface area contributed by atoms with Crippen LogP contribution in [-0.2, 0) is 0 Å². The van der Waals surface area contributed by atoms with Gasteiger partial charge in [0.05, 0.1) is 0 Å². The van der Waals surface area contributed by atoms with Crippen LogP contribution in [0.25, 0.3) is 0 Å². The molecule has 0 spiro atoms. The number of phenolic OH excluding ortho intramolecular Hbond substituents is 1. The van der Waals surface area contributed by atoms with Crippen molar-refractivity contribution in [1.29, 1.82) is 0 Å². The first kappa shape index (κ1) is 8.01. The second-order valence-corrected chi connectivity index (χ2v) is 2.50. The van der Waals surface area contributed by atoms with Gasteiger partial charge in [-0.25, -0.2) is 4.39 Å². The summed E-state index contributed by atoms with van der Waals surface area (Å²) in [5.41, 5.74) is 6.22. The monoisotopic (exact) mass is 155 g/mol. The Morgan fingerprint density at radius 2 is 2.18 bits per heavy atom. The summed E-state index contributed by atoms with van der Waals surface area (Å²) >= 11 is 0. The first-order chi connectivity index (χ1) is 5.11. The highest BCUT2D eigenvalue weighted by atomic mass is 19.1. The second-order valence-electron chi connectivity index (χ2n) is 2.50. The maximum Gasteiger partial charge on any atom is 0.164 e. The summed E-state index contributed by atoms with van der Waals surface area (Å²) in [5.74, 6) is -0.964. The van der Waals surface area contributed by atoms with E-state index in [4.69, 9.17) is 10.8 Å². The molecule has 1 atom stereocenters. The molecule has 0 radical (unpaired) electrons. The van der Waals surface area contributed by atoms with Gasteiger partial charge >= 0.3 is 0 Å². The van der Waals surface area contributed by atoms with Gasteiger partial charge in [0, 0.05) is 6.04 Å². The molecule has 0 amide bonds. The van der Waals surface area contributed by atoms with Crippen molar-refractivity contribution in [1.82, 2.24) is 0 Å². The van der Waals surface area contributed by atoms with Crippen molar-refractivity contribution in [2.24, 2.45) is 5.73 Å². The molecule has 3 N–H and O–H groups in total. The first-order valence-corrected chi connectivity index (χ1v) is 3.35. The van der Waals surface area contributed by atoms with Crippen LogP contribution >= 0.6 is 0 Å². The molecule has 1 rings (SSSR count). The number of hydrogen-bond acceptors (Lipinski definition) is 2. The minimum Gasteiger partial charge on any atom is -0.505 e. The third-order valence-corrected chi connectivity index (χ3v) is 1.50. The van der Waals surface area contributed by atoms with Crippen molar-refractivity contribution in [3.8, 4) is 5.75 Å². The Labute approximate surface area is 64.5 Å². The number of rotatable bonds is 1. The quantitative estimate of drug-likeness (QED) is 0.646. The highest BCUT2D eigenvalue weighted by Crippen LogP contribution is 2.19. The number of nitrogens with two attached hydrogens (primary N) is 1. The Morgan fingerprint density at radius 1 is 1.55 bits per heavy atom. The maximum atomic E-state index is 12.5. The van der Waals surface area contributed by atoms with E-state index in [2.05, 4.69) is 0 Å². The third-order valence-electron chi connectivity index (χ3n) is 1.50. The lowest BCUT2D eigenvalue weighted by Crippen LogP contribution is -2.04. The molecule has 0 aliphatic rings. The van der Waals surface area contributed by atoms with Crippen LogP contribution in [0.5, 0.6) is 5.75 Å². The van der Waals surface area contributed by atoms with Crippen LogP contribution < -0.4 is 5.73 Å². The van der Waals surface area contributed by atoms with Crippen LogP contribution in [0.2, 0.25) is 0 Å². The Hall–Kier alpha value is -1.09. The zero-order chi connectivity index (χ0) is 8.43. The van der Waals surface area contributed by atoms with Crippen molar-refractivity contribution in [2.45, 2.75) is 13.0 Å². The molecule has 11 heavy (non-hydrogen) atoms. The van der Waals surface area contributed by atoms with Crippen molar-refractivity contribution >= 4 is 0 Å². The molecule has 0 bridgehead atoms. The molecule has 3 heteroatoms. The Balaban J connectivity index is 3.05. The Bertz CT molecular complexity index is 260. The lowest BCUT2D eigenvalue weighted by molar-refractivity contribution is 0.431. The van der Waals surface area contributed by atoms with E-state index in [1.165, 1.54) is 12.1 Å². The van der Waals surface area contributed by atoms with Gasteiger partial charge in [-0.1, -0.05) is 6.07 Å². The number of phenols is 1. The summed E-state index contributed by atoms with van der Waals surface area (Å²) in [5, 5.41) is 8.92. The fourth-order valence-electron chi connectivity index (χ4n) is 0.813. The largest absolute Gasteiger partial charge is 0.505 e. The smallest absolute Gasteiger partial charge is 0.164 e. The fourth-order valence-corrected chi connectivity index (χ4v) is 0.813. The van der Waals surface area contributed by atoms with Gasteiger partial charge in [0.15, 0.2) is 11.6 Å². The fraction of sp³-hybridized carbons (Fsp3) is 0.250. The van der Waals surface area contributed by atoms with E-state index in [-0.39, 0.29) is 11.8 Å². The minimum atomic E-state index is -0.616. The van der Waals surface area contributed by atoms with Gasteiger partial charge in [0.25, 0.3) is 0 Å². The summed E-state index contributed by atoms with van der Waals surface area (Å²) in [7, 11) is 0. The van der Waals surface area contributed by atoms with Crippen LogP contribution in [0.3, 0.4) is 0 Å². The van der Waals surface area contributed by atoms with Gasteiger partial charge in [-0.2, -0.15) is 0 Å². The van der Waals surface area contributed by atoms with Crippen LogP contribution in [0, 0.1) is 5.82 Å². The van der Waals surface area contributed by atoms with Crippen molar-refractivity contribution in [3.05, 3.63) is 29.6 Å². The van der Waals surface area contributed by atoms with Crippen LogP contribution in [-0.4, -0.2) is 5.11 Å². The number of aromatic hydroxyl groups is 1. The molecule has 2 nitrogen and oxygen atoms in total.